The quantitative estimate of drug-likeness (QED) is 0.781. The van der Waals surface area contributed by atoms with Crippen molar-refractivity contribution in [3.8, 4) is 5.75 Å². The van der Waals surface area contributed by atoms with E-state index < -0.39 is 0 Å². The van der Waals surface area contributed by atoms with Crippen LogP contribution < -0.4 is 10.1 Å². The van der Waals surface area contributed by atoms with Crippen LogP contribution >= 0.6 is 0 Å². The Morgan fingerprint density at radius 1 is 1.37 bits per heavy atom. The molecule has 0 spiro atoms. The molecule has 0 radical (unpaired) electrons. The van der Waals surface area contributed by atoms with E-state index >= 15 is 0 Å². The van der Waals surface area contributed by atoms with Gasteiger partial charge in [-0.1, -0.05) is 19.1 Å². The summed E-state index contributed by atoms with van der Waals surface area (Å²) in [7, 11) is 0. The Morgan fingerprint density at radius 3 is 3.00 bits per heavy atom. The number of benzene rings is 1. The first-order valence-corrected chi connectivity index (χ1v) is 6.43. The summed E-state index contributed by atoms with van der Waals surface area (Å²) < 4.78 is 20.7. The number of anilines is 1. The average molecular weight is 263 g/mol. The van der Waals surface area contributed by atoms with Gasteiger partial charge in [0.1, 0.15) is 12.4 Å². The number of nitrogens with one attached hydrogen (secondary N) is 1. The van der Waals surface area contributed by atoms with Crippen molar-refractivity contribution in [3.05, 3.63) is 42.5 Å². The molecule has 4 nitrogen and oxygen atoms in total. The zero-order chi connectivity index (χ0) is 13.5. The number of aryl methyl sites for hydroxylation is 1. The van der Waals surface area contributed by atoms with E-state index in [1.807, 2.05) is 10.9 Å². The number of rotatable bonds is 7. The summed E-state index contributed by atoms with van der Waals surface area (Å²) in [4.78, 5) is 0. The molecular formula is C14H18FN3O. The van der Waals surface area contributed by atoms with Gasteiger partial charge in [-0.15, -0.1) is 0 Å². The van der Waals surface area contributed by atoms with Crippen molar-refractivity contribution in [1.29, 1.82) is 0 Å². The fourth-order valence-electron chi connectivity index (χ4n) is 1.73. The third kappa shape index (κ3) is 3.98. The Kier molecular flexibility index (Phi) is 4.78. The molecule has 0 atom stereocenters. The van der Waals surface area contributed by atoms with E-state index in [4.69, 9.17) is 4.74 Å². The van der Waals surface area contributed by atoms with Gasteiger partial charge in [0, 0.05) is 13.1 Å². The molecular weight excluding hydrogens is 245 g/mol. The van der Waals surface area contributed by atoms with E-state index in [1.165, 1.54) is 6.07 Å². The molecule has 0 aliphatic heterocycles. The molecule has 19 heavy (non-hydrogen) atoms. The normalized spacial score (nSPS) is 10.4. The highest BCUT2D eigenvalue weighted by molar-refractivity contribution is 5.44. The van der Waals surface area contributed by atoms with Gasteiger partial charge in [-0.25, -0.2) is 4.39 Å². The Balaban J connectivity index is 1.73. The molecule has 0 aliphatic rings. The molecule has 2 rings (SSSR count). The van der Waals surface area contributed by atoms with Crippen LogP contribution in [0.2, 0.25) is 0 Å². The predicted molar refractivity (Wildman–Crippen MR) is 72.9 cm³/mol. The maximum absolute atomic E-state index is 13.3. The van der Waals surface area contributed by atoms with Crippen LogP contribution in [-0.4, -0.2) is 22.9 Å². The number of halogens is 1. The lowest BCUT2D eigenvalue weighted by Crippen LogP contribution is -2.12. The summed E-state index contributed by atoms with van der Waals surface area (Å²) in [5.74, 6) is 0.488. The van der Waals surface area contributed by atoms with Crippen molar-refractivity contribution in [2.75, 3.05) is 18.5 Å². The van der Waals surface area contributed by atoms with Gasteiger partial charge in [0.05, 0.1) is 18.1 Å². The number of ether oxygens (including phenoxy) is 1. The first kappa shape index (κ1) is 13.4. The molecule has 1 N–H and O–H groups in total. The SMILES string of the molecule is CCCn1cc(OCCNc2ccccc2F)cn1. The molecule has 1 heterocycles. The summed E-state index contributed by atoms with van der Waals surface area (Å²) in [6, 6.07) is 6.59. The van der Waals surface area contributed by atoms with Crippen molar-refractivity contribution in [2.45, 2.75) is 19.9 Å². The van der Waals surface area contributed by atoms with Crippen LogP contribution in [0.4, 0.5) is 10.1 Å². The van der Waals surface area contributed by atoms with Gasteiger partial charge in [-0.3, -0.25) is 4.68 Å². The van der Waals surface area contributed by atoms with E-state index in [-0.39, 0.29) is 5.82 Å². The zero-order valence-corrected chi connectivity index (χ0v) is 11.0. The van der Waals surface area contributed by atoms with E-state index in [0.717, 1.165) is 18.7 Å². The maximum atomic E-state index is 13.3. The second-order valence-corrected chi connectivity index (χ2v) is 4.19. The Morgan fingerprint density at radius 2 is 2.21 bits per heavy atom. The highest BCUT2D eigenvalue weighted by atomic mass is 19.1. The highest BCUT2D eigenvalue weighted by Crippen LogP contribution is 2.12. The standard InChI is InChI=1S/C14H18FN3O/c1-2-8-18-11-12(10-17-18)19-9-7-16-14-6-4-3-5-13(14)15/h3-6,10-11,16H,2,7-9H2,1H3. The van der Waals surface area contributed by atoms with Crippen LogP contribution in [0, 0.1) is 5.82 Å². The predicted octanol–water partition coefficient (Wildman–Crippen LogP) is 2.92. The third-order valence-corrected chi connectivity index (χ3v) is 2.62. The Labute approximate surface area is 112 Å². The molecule has 0 aliphatic carbocycles. The summed E-state index contributed by atoms with van der Waals surface area (Å²) in [5, 5.41) is 7.16. The number of para-hydroxylation sites is 1. The second-order valence-electron chi connectivity index (χ2n) is 4.19. The van der Waals surface area contributed by atoms with Crippen LogP contribution in [-0.2, 0) is 6.54 Å². The van der Waals surface area contributed by atoms with Gasteiger partial charge in [0.2, 0.25) is 0 Å². The lowest BCUT2D eigenvalue weighted by molar-refractivity contribution is 0.332. The molecule has 0 bridgehead atoms. The minimum Gasteiger partial charge on any atom is -0.488 e. The van der Waals surface area contributed by atoms with Crippen molar-refractivity contribution < 1.29 is 9.13 Å². The minimum atomic E-state index is -0.252. The van der Waals surface area contributed by atoms with E-state index in [2.05, 4.69) is 17.3 Å². The van der Waals surface area contributed by atoms with E-state index in [0.29, 0.717) is 18.8 Å². The van der Waals surface area contributed by atoms with Crippen LogP contribution in [0.1, 0.15) is 13.3 Å². The Hall–Kier alpha value is -2.04. The topological polar surface area (TPSA) is 39.1 Å². The fourth-order valence-corrected chi connectivity index (χ4v) is 1.73. The Bertz CT molecular complexity index is 513. The number of aromatic nitrogens is 2. The fraction of sp³-hybridized carbons (Fsp3) is 0.357. The van der Waals surface area contributed by atoms with Crippen molar-refractivity contribution >= 4 is 5.69 Å². The monoisotopic (exact) mass is 263 g/mol. The smallest absolute Gasteiger partial charge is 0.157 e. The molecule has 1 aromatic carbocycles. The van der Waals surface area contributed by atoms with Crippen molar-refractivity contribution in [2.24, 2.45) is 0 Å². The lowest BCUT2D eigenvalue weighted by Gasteiger charge is -2.07. The molecule has 0 saturated heterocycles. The van der Waals surface area contributed by atoms with Crippen molar-refractivity contribution in [1.82, 2.24) is 9.78 Å². The van der Waals surface area contributed by atoms with E-state index in [1.54, 1.807) is 24.4 Å². The molecule has 102 valence electrons. The van der Waals surface area contributed by atoms with Gasteiger partial charge in [-0.2, -0.15) is 5.10 Å². The number of hydrogen-bond acceptors (Lipinski definition) is 3. The largest absolute Gasteiger partial charge is 0.488 e. The number of hydrogen-bond donors (Lipinski definition) is 1. The van der Waals surface area contributed by atoms with Gasteiger partial charge < -0.3 is 10.1 Å². The van der Waals surface area contributed by atoms with Crippen LogP contribution in [0.25, 0.3) is 0 Å². The van der Waals surface area contributed by atoms with Gasteiger partial charge >= 0.3 is 0 Å². The molecule has 0 fully saturated rings. The second kappa shape index (κ2) is 6.78. The molecule has 5 heteroatoms. The van der Waals surface area contributed by atoms with Crippen LogP contribution in [0.3, 0.4) is 0 Å². The van der Waals surface area contributed by atoms with Crippen molar-refractivity contribution in [3.63, 3.8) is 0 Å². The zero-order valence-electron chi connectivity index (χ0n) is 11.0. The number of nitrogens with zero attached hydrogens (tertiary/aromatic N) is 2. The molecule has 1 aromatic heterocycles. The van der Waals surface area contributed by atoms with Crippen LogP contribution in [0.15, 0.2) is 36.7 Å². The molecule has 0 amide bonds. The molecule has 0 unspecified atom stereocenters. The molecule has 0 saturated carbocycles. The van der Waals surface area contributed by atoms with Gasteiger partial charge in [0.15, 0.2) is 5.75 Å². The molecule has 2 aromatic rings. The summed E-state index contributed by atoms with van der Waals surface area (Å²) in [5.41, 5.74) is 0.493. The first-order valence-electron chi connectivity index (χ1n) is 6.43. The lowest BCUT2D eigenvalue weighted by atomic mass is 10.3. The first-order chi connectivity index (χ1) is 9.29. The average Bonchev–Trinajstić information content (AvgIpc) is 2.85. The summed E-state index contributed by atoms with van der Waals surface area (Å²) in [6.07, 6.45) is 4.60. The summed E-state index contributed by atoms with van der Waals surface area (Å²) in [6.45, 7) is 3.99. The van der Waals surface area contributed by atoms with Gasteiger partial charge in [0.25, 0.3) is 0 Å². The summed E-state index contributed by atoms with van der Waals surface area (Å²) >= 11 is 0. The maximum Gasteiger partial charge on any atom is 0.157 e. The van der Waals surface area contributed by atoms with Crippen LogP contribution in [0.5, 0.6) is 5.75 Å². The van der Waals surface area contributed by atoms with E-state index in [9.17, 15) is 4.39 Å². The third-order valence-electron chi connectivity index (χ3n) is 2.62. The van der Waals surface area contributed by atoms with Gasteiger partial charge in [-0.05, 0) is 18.6 Å². The minimum absolute atomic E-state index is 0.252. The highest BCUT2D eigenvalue weighted by Gasteiger charge is 2.00.